The van der Waals surface area contributed by atoms with Crippen molar-refractivity contribution in [3.63, 3.8) is 0 Å². The quantitative estimate of drug-likeness (QED) is 0.367. The van der Waals surface area contributed by atoms with Gasteiger partial charge in [-0.25, -0.2) is 4.98 Å². The summed E-state index contributed by atoms with van der Waals surface area (Å²) < 4.78 is 1.92. The molecule has 0 bridgehead atoms. The van der Waals surface area contributed by atoms with E-state index in [9.17, 15) is 14.7 Å². The van der Waals surface area contributed by atoms with E-state index < -0.39 is 11.6 Å². The predicted molar refractivity (Wildman–Crippen MR) is 137 cm³/mol. The first-order chi connectivity index (χ1) is 16.5. The van der Waals surface area contributed by atoms with Crippen LogP contribution >= 0.6 is 23.2 Å². The number of carboxylic acid groups (broad SMARTS) is 1. The Morgan fingerprint density at radius 2 is 1.86 bits per heavy atom. The summed E-state index contributed by atoms with van der Waals surface area (Å²) in [5.74, 6) is 5.28. The number of aromatic nitrogens is 2. The number of hydrogen-bond donors (Lipinski definition) is 3. The highest BCUT2D eigenvalue weighted by Crippen LogP contribution is 2.28. The number of hydrogen-bond acceptors (Lipinski definition) is 4. The van der Waals surface area contributed by atoms with E-state index in [4.69, 9.17) is 28.3 Å². The van der Waals surface area contributed by atoms with Crippen molar-refractivity contribution in [2.45, 2.75) is 65.0 Å². The second-order valence-corrected chi connectivity index (χ2v) is 10.0. The van der Waals surface area contributed by atoms with Crippen molar-refractivity contribution >= 4 is 35.6 Å². The number of carbonyl (C=O) groups excluding carboxylic acids is 1. The molecule has 7 nitrogen and oxygen atoms in total. The largest absolute Gasteiger partial charge is 0.481 e. The lowest BCUT2D eigenvalue weighted by molar-refractivity contribution is -0.143. The number of amides is 1. The van der Waals surface area contributed by atoms with Crippen LogP contribution < -0.4 is 5.32 Å². The van der Waals surface area contributed by atoms with Crippen LogP contribution in [0.15, 0.2) is 24.3 Å². The SMILES string of the molecule is Cc1c(C#CC(C)(C)O)nc(Cl)n1CCc1ccc(Cl)cc1.O=CNCC1CCC(C(=O)O)CC1. The molecule has 190 valence electrons. The van der Waals surface area contributed by atoms with Gasteiger partial charge in [0.2, 0.25) is 11.7 Å². The van der Waals surface area contributed by atoms with E-state index in [1.807, 2.05) is 35.8 Å². The molecule has 0 aliphatic heterocycles. The molecule has 1 heterocycles. The molecule has 2 aromatic rings. The molecule has 1 aliphatic carbocycles. The Bertz CT molecular complexity index is 1040. The van der Waals surface area contributed by atoms with Gasteiger partial charge in [0.05, 0.1) is 11.6 Å². The van der Waals surface area contributed by atoms with Crippen molar-refractivity contribution in [2.24, 2.45) is 11.8 Å². The maximum atomic E-state index is 10.6. The highest BCUT2D eigenvalue weighted by Gasteiger charge is 2.25. The number of rotatable bonds is 7. The molecule has 35 heavy (non-hydrogen) atoms. The molecular formula is C26H33Cl2N3O4. The minimum absolute atomic E-state index is 0.160. The van der Waals surface area contributed by atoms with Gasteiger partial charge < -0.3 is 20.1 Å². The minimum atomic E-state index is -1.05. The molecule has 0 unspecified atom stereocenters. The molecule has 0 atom stereocenters. The van der Waals surface area contributed by atoms with Crippen LogP contribution in [0.25, 0.3) is 0 Å². The normalized spacial score (nSPS) is 17.4. The number of aryl methyl sites for hydroxylation is 1. The molecule has 0 saturated heterocycles. The van der Waals surface area contributed by atoms with Crippen LogP contribution in [0, 0.1) is 30.6 Å². The minimum Gasteiger partial charge on any atom is -0.481 e. The van der Waals surface area contributed by atoms with Crippen LogP contribution in [0.5, 0.6) is 0 Å². The number of carbonyl (C=O) groups is 2. The third kappa shape index (κ3) is 9.93. The van der Waals surface area contributed by atoms with Crippen molar-refractivity contribution in [3.8, 4) is 11.8 Å². The summed E-state index contributed by atoms with van der Waals surface area (Å²) in [6, 6.07) is 7.74. The van der Waals surface area contributed by atoms with E-state index in [2.05, 4.69) is 22.1 Å². The zero-order valence-electron chi connectivity index (χ0n) is 20.4. The summed E-state index contributed by atoms with van der Waals surface area (Å²) in [6.45, 7) is 6.59. The zero-order valence-corrected chi connectivity index (χ0v) is 21.9. The van der Waals surface area contributed by atoms with E-state index >= 15 is 0 Å². The third-order valence-electron chi connectivity index (χ3n) is 5.88. The fraction of sp³-hybridized carbons (Fsp3) is 0.500. The van der Waals surface area contributed by atoms with Crippen molar-refractivity contribution in [2.75, 3.05) is 6.54 Å². The Morgan fingerprint density at radius 3 is 2.40 bits per heavy atom. The number of imidazole rings is 1. The highest BCUT2D eigenvalue weighted by molar-refractivity contribution is 6.30. The lowest BCUT2D eigenvalue weighted by Crippen LogP contribution is -2.28. The fourth-order valence-electron chi connectivity index (χ4n) is 3.81. The van der Waals surface area contributed by atoms with Crippen molar-refractivity contribution < 1.29 is 19.8 Å². The summed E-state index contributed by atoms with van der Waals surface area (Å²) in [5.41, 5.74) is 1.63. The van der Waals surface area contributed by atoms with Crippen LogP contribution in [-0.4, -0.2) is 44.3 Å². The number of aliphatic carboxylic acids is 1. The van der Waals surface area contributed by atoms with Crippen LogP contribution in [0.1, 0.15) is 56.5 Å². The van der Waals surface area contributed by atoms with Crippen molar-refractivity contribution in [3.05, 3.63) is 51.5 Å². The molecule has 1 aliphatic rings. The second-order valence-electron chi connectivity index (χ2n) is 9.23. The molecular weight excluding hydrogens is 489 g/mol. The van der Waals surface area contributed by atoms with E-state index in [1.54, 1.807) is 13.8 Å². The number of carboxylic acids is 1. The number of benzene rings is 1. The highest BCUT2D eigenvalue weighted by atomic mass is 35.5. The smallest absolute Gasteiger partial charge is 0.306 e. The van der Waals surface area contributed by atoms with E-state index in [0.717, 1.165) is 42.8 Å². The van der Waals surface area contributed by atoms with Crippen molar-refractivity contribution in [1.82, 2.24) is 14.9 Å². The maximum absolute atomic E-state index is 10.6. The monoisotopic (exact) mass is 521 g/mol. The van der Waals surface area contributed by atoms with Gasteiger partial charge in [0.1, 0.15) is 11.3 Å². The summed E-state index contributed by atoms with van der Waals surface area (Å²) in [4.78, 5) is 24.9. The van der Waals surface area contributed by atoms with Gasteiger partial charge in [-0.15, -0.1) is 0 Å². The topological polar surface area (TPSA) is 104 Å². The van der Waals surface area contributed by atoms with Gasteiger partial charge in [0.15, 0.2) is 0 Å². The summed E-state index contributed by atoms with van der Waals surface area (Å²) in [6.07, 6.45) is 4.85. The molecule has 1 aromatic heterocycles. The van der Waals surface area contributed by atoms with Gasteiger partial charge in [0, 0.05) is 18.1 Å². The number of aliphatic hydroxyl groups is 1. The van der Waals surface area contributed by atoms with Crippen LogP contribution in [0.2, 0.25) is 10.3 Å². The van der Waals surface area contributed by atoms with Gasteiger partial charge in [-0.05, 0) is 94.0 Å². The Labute approximate surface area is 216 Å². The average Bonchev–Trinajstić information content (AvgIpc) is 3.08. The first-order valence-electron chi connectivity index (χ1n) is 11.6. The lowest BCUT2D eigenvalue weighted by atomic mass is 9.82. The fourth-order valence-corrected chi connectivity index (χ4v) is 4.23. The van der Waals surface area contributed by atoms with E-state index in [1.165, 1.54) is 5.56 Å². The molecule has 3 rings (SSSR count). The first-order valence-corrected chi connectivity index (χ1v) is 12.4. The van der Waals surface area contributed by atoms with Gasteiger partial charge in [-0.2, -0.15) is 0 Å². The molecule has 1 fully saturated rings. The van der Waals surface area contributed by atoms with Gasteiger partial charge in [0.25, 0.3) is 0 Å². The van der Waals surface area contributed by atoms with E-state index in [-0.39, 0.29) is 5.92 Å². The van der Waals surface area contributed by atoms with Gasteiger partial charge >= 0.3 is 5.97 Å². The molecule has 0 spiro atoms. The number of nitrogens with zero attached hydrogens (tertiary/aromatic N) is 2. The molecule has 9 heteroatoms. The number of nitrogens with one attached hydrogen (secondary N) is 1. The van der Waals surface area contributed by atoms with Gasteiger partial charge in [-0.1, -0.05) is 29.7 Å². The molecule has 1 amide bonds. The Morgan fingerprint density at radius 1 is 1.23 bits per heavy atom. The zero-order chi connectivity index (χ0) is 26.0. The summed E-state index contributed by atoms with van der Waals surface area (Å²) >= 11 is 12.1. The van der Waals surface area contributed by atoms with Crippen molar-refractivity contribution in [1.29, 1.82) is 0 Å². The molecule has 3 N–H and O–H groups in total. The molecule has 0 radical (unpaired) electrons. The standard InChI is InChI=1S/C17H18Cl2N2O.C9H15NO3/c1-12-15(8-10-17(2,3)22)20-16(19)21(12)11-9-13-4-6-14(18)7-5-13;11-6-10-5-7-1-3-8(4-2-7)9(12)13/h4-7,22H,9,11H2,1-3H3;6-8H,1-5H2,(H,10,11)(H,12,13). The first kappa shape index (κ1) is 28.7. The van der Waals surface area contributed by atoms with Crippen LogP contribution in [0.3, 0.4) is 0 Å². The summed E-state index contributed by atoms with van der Waals surface area (Å²) in [5, 5.41) is 22.2. The average molecular weight is 522 g/mol. The van der Waals surface area contributed by atoms with Crippen LogP contribution in [0.4, 0.5) is 0 Å². The number of halogens is 2. The molecule has 1 saturated carbocycles. The lowest BCUT2D eigenvalue weighted by Gasteiger charge is -2.25. The van der Waals surface area contributed by atoms with Crippen LogP contribution in [-0.2, 0) is 22.6 Å². The predicted octanol–water partition coefficient (Wildman–Crippen LogP) is 4.49. The Balaban J connectivity index is 0.000000283. The Hall–Kier alpha value is -2.53. The molecule has 1 aromatic carbocycles. The third-order valence-corrected chi connectivity index (χ3v) is 6.42. The Kier molecular flexibility index (Phi) is 11.1. The van der Waals surface area contributed by atoms with E-state index in [0.29, 0.717) is 36.4 Å². The maximum Gasteiger partial charge on any atom is 0.306 e. The van der Waals surface area contributed by atoms with Gasteiger partial charge in [-0.3, -0.25) is 9.59 Å². The summed E-state index contributed by atoms with van der Waals surface area (Å²) in [7, 11) is 0. The second kappa shape index (κ2) is 13.5.